The Balaban J connectivity index is 0. The topological polar surface area (TPSA) is 156 Å². The smallest absolute Gasteiger partial charge is 0.0689 e. The van der Waals surface area contributed by atoms with Gasteiger partial charge >= 0.3 is 54.0 Å². The van der Waals surface area contributed by atoms with Gasteiger partial charge in [0.1, 0.15) is 0 Å². The van der Waals surface area contributed by atoms with Gasteiger partial charge in [-0.15, -0.1) is 0 Å². The molecule has 11 nitrogen and oxygen atoms in total. The summed E-state index contributed by atoms with van der Waals surface area (Å²) in [5.41, 5.74) is 0. The van der Waals surface area contributed by atoms with Gasteiger partial charge in [-0.25, -0.2) is 0 Å². The van der Waals surface area contributed by atoms with Crippen molar-refractivity contribution in [3.8, 4) is 0 Å². The molecule has 0 aromatic heterocycles. The molecular weight excluding hydrogens is 363 g/mol. The second-order valence-corrected chi connectivity index (χ2v) is 1.82. The maximum atomic E-state index is 9.42. The molecule has 0 saturated carbocycles. The summed E-state index contributed by atoms with van der Waals surface area (Å²) in [6.07, 6.45) is 0. The molecule has 0 radical (unpaired) electrons. The maximum Gasteiger partial charge on any atom is 0.0689 e. The zero-order valence-corrected chi connectivity index (χ0v) is 7.24. The number of hydrazine groups is 2. The van der Waals surface area contributed by atoms with Crippen LogP contribution in [0.1, 0.15) is 0 Å². The molecule has 0 aliphatic heterocycles. The predicted molar refractivity (Wildman–Crippen MR) is 26.2 cm³/mol. The summed E-state index contributed by atoms with van der Waals surface area (Å²) < 4.78 is -0.250. The number of hydrogen-bond donors (Lipinski definition) is 0. The number of nitro groups is 2. The fourth-order valence-corrected chi connectivity index (χ4v) is 0.0596. The van der Waals surface area contributed by atoms with Crippen molar-refractivity contribution in [3.05, 3.63) is 35.6 Å². The van der Waals surface area contributed by atoms with Gasteiger partial charge in [-0.2, -0.15) is 0 Å². The molecule has 72 valence electrons. The van der Waals surface area contributed by atoms with E-state index in [0.29, 0.717) is 0 Å². The Morgan fingerprint density at radius 2 is 1.08 bits per heavy atom. The van der Waals surface area contributed by atoms with Gasteiger partial charge in [0.15, 0.2) is 0 Å². The normalized spacial score (nSPS) is 7.50. The van der Waals surface area contributed by atoms with Crippen LogP contribution in [0.5, 0.6) is 0 Å². The van der Waals surface area contributed by atoms with Crippen molar-refractivity contribution in [2.24, 2.45) is 0 Å². The Morgan fingerprint density at radius 3 is 1.08 bits per heavy atom. The van der Waals surface area contributed by atoms with E-state index in [1.54, 1.807) is 0 Å². The average molecular weight is 363 g/mol. The molecule has 12 heteroatoms. The molecule has 0 heterocycles. The monoisotopic (exact) mass is 363 g/mol. The van der Waals surface area contributed by atoms with Crippen LogP contribution in [0, 0.1) is 35.6 Å². The van der Waals surface area contributed by atoms with Crippen molar-refractivity contribution in [3.63, 3.8) is 0 Å². The molecule has 0 N–H and O–H groups in total. The molecule has 0 amide bonds. The van der Waals surface area contributed by atoms with Crippen LogP contribution in [0.2, 0.25) is 0 Å². The van der Waals surface area contributed by atoms with Gasteiger partial charge in [0.25, 0.3) is 0 Å². The summed E-state index contributed by atoms with van der Waals surface area (Å²) in [7, 11) is 0. The third-order valence-electron chi connectivity index (χ3n) is 0.249. The first-order valence-electron chi connectivity index (χ1n) is 1.82. The quantitative estimate of drug-likeness (QED) is 0.442. The van der Waals surface area contributed by atoms with Gasteiger partial charge in [0.05, 0.1) is 5.09 Å². The molecule has 0 aromatic carbocycles. The van der Waals surface area contributed by atoms with E-state index in [-0.39, 0.29) is 3.68 Å². The summed E-state index contributed by atoms with van der Waals surface area (Å²) in [6.45, 7) is 0. The molecule has 0 rings (SSSR count). The van der Waals surface area contributed by atoms with E-state index in [2.05, 4.69) is 0 Å². The maximum absolute atomic E-state index is 9.42. The number of nitrogens with zero attached hydrogens (tertiary/aromatic N) is 4. The Hall–Kier alpha value is -1.51. The van der Waals surface area contributed by atoms with E-state index in [1.807, 2.05) is 0 Å². The summed E-state index contributed by atoms with van der Waals surface area (Å²) in [6, 6.07) is 0. The van der Waals surface area contributed by atoms with Crippen molar-refractivity contribution in [2.45, 2.75) is 0 Å². The van der Waals surface area contributed by atoms with Crippen LogP contribution in [0.25, 0.3) is 0 Å². The molecule has 12 heavy (non-hydrogen) atoms. The first kappa shape index (κ1) is 13.1. The minimum atomic E-state index is -1.75. The first-order valence-corrected chi connectivity index (χ1v) is 2.84. The summed E-state index contributed by atoms with van der Waals surface area (Å²) in [5.74, 6) is 0. The molecule has 0 aliphatic rings. The van der Waals surface area contributed by atoms with E-state index in [1.165, 1.54) is 0 Å². The van der Waals surface area contributed by atoms with Gasteiger partial charge in [0, 0.05) is 0 Å². The molecule has 0 unspecified atom stereocenters. The Bertz CT molecular complexity index is 170. The van der Waals surface area contributed by atoms with Gasteiger partial charge < -0.3 is 15.3 Å². The molecular formula is N4O7Pt. The summed E-state index contributed by atoms with van der Waals surface area (Å²) in [5, 5.41) is 31.3. The van der Waals surface area contributed by atoms with Crippen molar-refractivity contribution >= 4 is 0 Å². The van der Waals surface area contributed by atoms with E-state index in [9.17, 15) is 20.2 Å². The Labute approximate surface area is 75.1 Å². The predicted octanol–water partition coefficient (Wildman–Crippen LogP) is -1.11. The SMILES string of the molecule is O=[N+]([O-])[N]([Pt+])[N+](=O)[O-].O=[N+]([O-])[O-]. The third-order valence-corrected chi connectivity index (χ3v) is 0.991. The number of rotatable bonds is 2. The Kier molecular flexibility index (Phi) is 6.79. The zero-order chi connectivity index (χ0) is 10.3. The largest absolute Gasteiger partial charge is 0.356 e. The number of hydrogen-bond acceptors (Lipinski definition) is 7. The Morgan fingerprint density at radius 1 is 0.917 bits per heavy atom. The molecule has 0 aromatic rings. The fraction of sp³-hybridized carbons (Fsp3) is 0. The fourth-order valence-electron chi connectivity index (χ4n) is 0.0596. The summed E-state index contributed by atoms with van der Waals surface area (Å²) >= 11 is 0.941. The van der Waals surface area contributed by atoms with Crippen molar-refractivity contribution < 1.29 is 35.2 Å². The average Bonchev–Trinajstić information content (AvgIpc) is 1.84. The van der Waals surface area contributed by atoms with E-state index < -0.39 is 15.2 Å². The standard InChI is InChI=1S/N3O4.NO3.Pt/c4-2(5)1-3(6)7;2-1(3)4;/q2*-1;+2. The van der Waals surface area contributed by atoms with E-state index >= 15 is 0 Å². The van der Waals surface area contributed by atoms with Gasteiger partial charge in [-0.05, 0) is 0 Å². The van der Waals surface area contributed by atoms with Gasteiger partial charge in [-0.1, -0.05) is 0 Å². The second-order valence-electron chi connectivity index (χ2n) is 0.915. The molecule has 0 fully saturated rings. The van der Waals surface area contributed by atoms with Crippen molar-refractivity contribution in [2.75, 3.05) is 0 Å². The van der Waals surface area contributed by atoms with Crippen LogP contribution in [0.3, 0.4) is 0 Å². The van der Waals surface area contributed by atoms with Crippen LogP contribution in [-0.4, -0.2) is 18.8 Å². The van der Waals surface area contributed by atoms with Gasteiger partial charge in [0.2, 0.25) is 0 Å². The minimum absolute atomic E-state index is 0.250. The van der Waals surface area contributed by atoms with E-state index in [0.717, 1.165) is 20.1 Å². The van der Waals surface area contributed by atoms with Crippen LogP contribution >= 0.6 is 0 Å². The molecule has 0 aliphatic carbocycles. The summed E-state index contributed by atoms with van der Waals surface area (Å²) in [4.78, 5) is 27.1. The van der Waals surface area contributed by atoms with Crippen LogP contribution in [-0.2, 0) is 20.1 Å². The minimum Gasteiger partial charge on any atom is -0.356 e. The van der Waals surface area contributed by atoms with E-state index in [4.69, 9.17) is 15.3 Å². The molecule has 0 atom stereocenters. The van der Waals surface area contributed by atoms with Crippen LogP contribution < -0.4 is 0 Å². The molecule has 0 spiro atoms. The van der Waals surface area contributed by atoms with Gasteiger partial charge in [-0.3, -0.25) is 0 Å². The first-order chi connectivity index (χ1) is 5.29. The van der Waals surface area contributed by atoms with Crippen LogP contribution in [0.15, 0.2) is 0 Å². The van der Waals surface area contributed by atoms with Crippen molar-refractivity contribution in [1.29, 1.82) is 0 Å². The molecule has 0 bridgehead atoms. The van der Waals surface area contributed by atoms with Crippen molar-refractivity contribution in [1.82, 2.24) is 3.68 Å². The second kappa shape index (κ2) is 6.21. The molecule has 0 saturated heterocycles. The third kappa shape index (κ3) is 11.3. The van der Waals surface area contributed by atoms with Crippen LogP contribution in [0.4, 0.5) is 0 Å². The zero-order valence-electron chi connectivity index (χ0n) is 4.96.